The van der Waals surface area contributed by atoms with Crippen molar-refractivity contribution in [3.8, 4) is 6.07 Å². The quantitative estimate of drug-likeness (QED) is 0.859. The second kappa shape index (κ2) is 6.27. The monoisotopic (exact) mass is 307 g/mol. The second-order valence-corrected chi connectivity index (χ2v) is 5.95. The Morgan fingerprint density at radius 1 is 1.27 bits per heavy atom. The molecule has 0 saturated carbocycles. The molecule has 1 aromatic heterocycles. The molecule has 0 saturated heterocycles. The van der Waals surface area contributed by atoms with Gasteiger partial charge < -0.3 is 9.88 Å². The van der Waals surface area contributed by atoms with Crippen LogP contribution in [0, 0.1) is 16.0 Å². The number of pyridine rings is 1. The molecule has 0 fully saturated rings. The molecule has 0 radical (unpaired) electrons. The summed E-state index contributed by atoms with van der Waals surface area (Å²) in [6, 6.07) is 12.4. The highest BCUT2D eigenvalue weighted by Gasteiger charge is 2.19. The summed E-state index contributed by atoms with van der Waals surface area (Å²) >= 11 is 5.36. The molecule has 4 heteroatoms. The lowest BCUT2D eigenvalue weighted by molar-refractivity contribution is 0.309. The number of aromatic amines is 1. The number of hydrogen-bond acceptors (Lipinski definition) is 3. The van der Waals surface area contributed by atoms with Crippen LogP contribution >= 0.6 is 12.2 Å². The van der Waals surface area contributed by atoms with E-state index in [-0.39, 0.29) is 0 Å². The van der Waals surface area contributed by atoms with Crippen molar-refractivity contribution in [1.82, 2.24) is 9.88 Å². The van der Waals surface area contributed by atoms with Crippen LogP contribution in [0.25, 0.3) is 12.2 Å². The average molecular weight is 307 g/mol. The van der Waals surface area contributed by atoms with Crippen LogP contribution in [0.2, 0.25) is 0 Å². The highest BCUT2D eigenvalue weighted by molar-refractivity contribution is 7.71. The Morgan fingerprint density at radius 3 is 2.77 bits per heavy atom. The topological polar surface area (TPSA) is 42.8 Å². The van der Waals surface area contributed by atoms with Gasteiger partial charge >= 0.3 is 0 Å². The molecule has 2 heterocycles. The van der Waals surface area contributed by atoms with E-state index in [4.69, 9.17) is 12.2 Å². The van der Waals surface area contributed by atoms with E-state index in [1.165, 1.54) is 5.56 Å². The van der Waals surface area contributed by atoms with E-state index >= 15 is 0 Å². The molecule has 0 unspecified atom stereocenters. The lowest BCUT2D eigenvalue weighted by atomic mass is 9.96. The maximum atomic E-state index is 9.48. The van der Waals surface area contributed by atoms with Crippen LogP contribution in [-0.2, 0) is 13.0 Å². The number of hydrogen-bond donors (Lipinski definition) is 1. The number of H-pyrrole nitrogens is 1. The fraction of sp³-hybridized carbons (Fsp3) is 0.222. The Hall–Kier alpha value is -2.22. The molecular formula is C18H17N3S. The second-order valence-electron chi connectivity index (χ2n) is 5.54. The minimum Gasteiger partial charge on any atom is -0.349 e. The van der Waals surface area contributed by atoms with Gasteiger partial charge in [0.1, 0.15) is 10.7 Å². The molecular weight excluding hydrogens is 290 g/mol. The normalized spacial score (nSPS) is 14.7. The summed E-state index contributed by atoms with van der Waals surface area (Å²) in [6.45, 7) is 1.84. The Morgan fingerprint density at radius 2 is 2.05 bits per heavy atom. The van der Waals surface area contributed by atoms with E-state index in [9.17, 15) is 5.26 Å². The van der Waals surface area contributed by atoms with E-state index in [1.54, 1.807) is 0 Å². The largest absolute Gasteiger partial charge is 0.349 e. The molecule has 0 spiro atoms. The Kier molecular flexibility index (Phi) is 4.19. The molecule has 22 heavy (non-hydrogen) atoms. The SMILES string of the molecule is CN1CCc2[nH]c(=S)c(C#N)c(C=Cc3ccccc3)c2C1. The molecule has 1 aliphatic heterocycles. The zero-order valence-corrected chi connectivity index (χ0v) is 13.3. The fourth-order valence-electron chi connectivity index (χ4n) is 2.80. The third kappa shape index (κ3) is 2.87. The standard InChI is InChI=1S/C18H17N3S/c1-21-10-9-17-16(12-21)14(15(11-19)18(22)20-17)8-7-13-5-3-2-4-6-13/h2-8H,9-10,12H2,1H3,(H,20,22). The molecule has 0 amide bonds. The van der Waals surface area contributed by atoms with Crippen LogP contribution in [0.3, 0.4) is 0 Å². The van der Waals surface area contributed by atoms with Crippen molar-refractivity contribution in [2.75, 3.05) is 13.6 Å². The minimum atomic E-state index is 0.540. The predicted molar refractivity (Wildman–Crippen MR) is 91.7 cm³/mol. The Labute approximate surface area is 135 Å². The van der Waals surface area contributed by atoms with Crippen molar-refractivity contribution in [3.05, 3.63) is 62.9 Å². The summed E-state index contributed by atoms with van der Waals surface area (Å²) in [6.07, 6.45) is 5.00. The van der Waals surface area contributed by atoms with Gasteiger partial charge in [-0.15, -0.1) is 0 Å². The van der Waals surface area contributed by atoms with Gasteiger partial charge in [-0.25, -0.2) is 0 Å². The van der Waals surface area contributed by atoms with Gasteiger partial charge in [-0.3, -0.25) is 0 Å². The maximum absolute atomic E-state index is 9.48. The molecule has 3 rings (SSSR count). The first kappa shape index (κ1) is 14.7. The van der Waals surface area contributed by atoms with Crippen LogP contribution in [0.15, 0.2) is 30.3 Å². The van der Waals surface area contributed by atoms with Gasteiger partial charge in [0.15, 0.2) is 0 Å². The number of fused-ring (bicyclic) bond motifs is 1. The van der Waals surface area contributed by atoms with Crippen LogP contribution in [0.4, 0.5) is 0 Å². The molecule has 1 N–H and O–H groups in total. The van der Waals surface area contributed by atoms with E-state index in [2.05, 4.69) is 23.0 Å². The smallest absolute Gasteiger partial charge is 0.122 e. The van der Waals surface area contributed by atoms with Crippen molar-refractivity contribution >= 4 is 24.4 Å². The van der Waals surface area contributed by atoms with Crippen molar-refractivity contribution < 1.29 is 0 Å². The van der Waals surface area contributed by atoms with Crippen LogP contribution in [-0.4, -0.2) is 23.5 Å². The molecule has 3 nitrogen and oxygen atoms in total. The van der Waals surface area contributed by atoms with Crippen molar-refractivity contribution in [2.45, 2.75) is 13.0 Å². The first-order chi connectivity index (χ1) is 10.7. The molecule has 0 bridgehead atoms. The summed E-state index contributed by atoms with van der Waals surface area (Å²) in [7, 11) is 2.10. The number of nitriles is 1. The van der Waals surface area contributed by atoms with E-state index in [0.717, 1.165) is 36.3 Å². The lowest BCUT2D eigenvalue weighted by Crippen LogP contribution is -2.28. The third-order valence-electron chi connectivity index (χ3n) is 3.98. The molecule has 1 aromatic carbocycles. The summed E-state index contributed by atoms with van der Waals surface area (Å²) < 4.78 is 0.540. The maximum Gasteiger partial charge on any atom is 0.122 e. The zero-order valence-electron chi connectivity index (χ0n) is 12.5. The van der Waals surface area contributed by atoms with Gasteiger partial charge in [0.05, 0.1) is 5.56 Å². The van der Waals surface area contributed by atoms with Gasteiger partial charge in [0.2, 0.25) is 0 Å². The highest BCUT2D eigenvalue weighted by atomic mass is 32.1. The predicted octanol–water partition coefficient (Wildman–Crippen LogP) is 3.77. The lowest BCUT2D eigenvalue weighted by Gasteiger charge is -2.26. The minimum absolute atomic E-state index is 0.540. The Bertz CT molecular complexity index is 813. The molecule has 0 aliphatic carbocycles. The van der Waals surface area contributed by atoms with Gasteiger partial charge in [-0.1, -0.05) is 54.7 Å². The first-order valence-electron chi connectivity index (χ1n) is 7.29. The van der Waals surface area contributed by atoms with Crippen molar-refractivity contribution in [3.63, 3.8) is 0 Å². The molecule has 0 atom stereocenters. The summed E-state index contributed by atoms with van der Waals surface area (Å²) in [5.74, 6) is 0. The number of rotatable bonds is 2. The van der Waals surface area contributed by atoms with Crippen LogP contribution < -0.4 is 0 Å². The van der Waals surface area contributed by atoms with Crippen molar-refractivity contribution in [1.29, 1.82) is 5.26 Å². The Balaban J connectivity index is 2.13. The van der Waals surface area contributed by atoms with Gasteiger partial charge in [-0.2, -0.15) is 5.26 Å². The number of likely N-dealkylation sites (N-methyl/N-ethyl adjacent to an activating group) is 1. The highest BCUT2D eigenvalue weighted by Crippen LogP contribution is 2.25. The number of benzene rings is 1. The van der Waals surface area contributed by atoms with Crippen molar-refractivity contribution in [2.24, 2.45) is 0 Å². The zero-order chi connectivity index (χ0) is 15.5. The van der Waals surface area contributed by atoms with Gasteiger partial charge in [0.25, 0.3) is 0 Å². The molecule has 2 aromatic rings. The summed E-state index contributed by atoms with van der Waals surface area (Å²) in [5, 5.41) is 9.48. The average Bonchev–Trinajstić information content (AvgIpc) is 2.54. The van der Waals surface area contributed by atoms with E-state index in [1.807, 2.05) is 42.5 Å². The number of nitrogens with zero attached hydrogens (tertiary/aromatic N) is 2. The van der Waals surface area contributed by atoms with E-state index < -0.39 is 0 Å². The number of nitrogens with one attached hydrogen (secondary N) is 1. The first-order valence-corrected chi connectivity index (χ1v) is 7.69. The molecule has 110 valence electrons. The fourth-order valence-corrected chi connectivity index (χ4v) is 3.07. The van der Waals surface area contributed by atoms with Gasteiger partial charge in [-0.05, 0) is 18.2 Å². The number of aromatic nitrogens is 1. The van der Waals surface area contributed by atoms with E-state index in [0.29, 0.717) is 10.2 Å². The third-order valence-corrected chi connectivity index (χ3v) is 4.28. The van der Waals surface area contributed by atoms with Crippen LogP contribution in [0.1, 0.15) is 27.9 Å². The van der Waals surface area contributed by atoms with Gasteiger partial charge in [0, 0.05) is 30.8 Å². The molecule has 1 aliphatic rings. The summed E-state index contributed by atoms with van der Waals surface area (Å²) in [5.41, 5.74) is 4.98. The van der Waals surface area contributed by atoms with Crippen LogP contribution in [0.5, 0.6) is 0 Å². The summed E-state index contributed by atoms with van der Waals surface area (Å²) in [4.78, 5) is 5.50.